The summed E-state index contributed by atoms with van der Waals surface area (Å²) in [5.41, 5.74) is 5.07. The van der Waals surface area contributed by atoms with Gasteiger partial charge in [-0.3, -0.25) is 0 Å². The number of nitrogens with zero attached hydrogens (tertiary/aromatic N) is 1. The molecule has 0 aliphatic carbocycles. The first-order valence-corrected chi connectivity index (χ1v) is 9.41. The predicted molar refractivity (Wildman–Crippen MR) is 116 cm³/mol. The second kappa shape index (κ2) is 8.20. The van der Waals surface area contributed by atoms with Gasteiger partial charge in [-0.15, -0.1) is 0 Å². The van der Waals surface area contributed by atoms with Crippen molar-refractivity contribution in [3.63, 3.8) is 0 Å². The number of aromatic nitrogens is 1. The van der Waals surface area contributed by atoms with E-state index < -0.39 is 0 Å². The number of halogens is 1. The van der Waals surface area contributed by atoms with Crippen LogP contribution < -0.4 is 10.6 Å². The molecular formula is C23H18ClN3O2. The van der Waals surface area contributed by atoms with E-state index in [1.807, 2.05) is 43.3 Å². The number of urea groups is 1. The van der Waals surface area contributed by atoms with Crippen molar-refractivity contribution < 1.29 is 9.21 Å². The van der Waals surface area contributed by atoms with E-state index in [9.17, 15) is 4.79 Å². The lowest BCUT2D eigenvalue weighted by Crippen LogP contribution is -2.19. The molecule has 5 nitrogen and oxygen atoms in total. The molecule has 0 atom stereocenters. The minimum atomic E-state index is -0.349. The number of carbonyl (C=O) groups excluding carboxylic acids is 1. The van der Waals surface area contributed by atoms with Gasteiger partial charge in [0.2, 0.25) is 5.89 Å². The van der Waals surface area contributed by atoms with E-state index in [1.165, 1.54) is 5.56 Å². The highest BCUT2D eigenvalue weighted by Crippen LogP contribution is 2.26. The van der Waals surface area contributed by atoms with Crippen LogP contribution in [-0.2, 0) is 0 Å². The van der Waals surface area contributed by atoms with E-state index >= 15 is 0 Å². The Morgan fingerprint density at radius 1 is 0.897 bits per heavy atom. The lowest BCUT2D eigenvalue weighted by Gasteiger charge is -2.08. The third-order valence-corrected chi connectivity index (χ3v) is 4.56. The third-order valence-electron chi connectivity index (χ3n) is 4.32. The van der Waals surface area contributed by atoms with Gasteiger partial charge < -0.3 is 15.1 Å². The Morgan fingerprint density at radius 3 is 2.31 bits per heavy atom. The molecule has 0 spiro atoms. The van der Waals surface area contributed by atoms with Crippen LogP contribution in [0.5, 0.6) is 0 Å². The number of hydrogen-bond acceptors (Lipinski definition) is 3. The number of oxazole rings is 1. The molecule has 0 saturated carbocycles. The highest BCUT2D eigenvalue weighted by Gasteiger charge is 2.09. The Balaban J connectivity index is 1.43. The van der Waals surface area contributed by atoms with Crippen LogP contribution in [-0.4, -0.2) is 11.0 Å². The van der Waals surface area contributed by atoms with E-state index in [0.717, 1.165) is 16.8 Å². The maximum atomic E-state index is 12.1. The third kappa shape index (κ3) is 4.65. The highest BCUT2D eigenvalue weighted by atomic mass is 35.5. The van der Waals surface area contributed by atoms with Crippen molar-refractivity contribution in [3.05, 3.63) is 89.6 Å². The number of carbonyl (C=O) groups is 1. The number of aryl methyl sites for hydroxylation is 1. The van der Waals surface area contributed by atoms with Gasteiger partial charge in [-0.25, -0.2) is 9.78 Å². The fourth-order valence-corrected chi connectivity index (χ4v) is 3.01. The number of benzene rings is 3. The van der Waals surface area contributed by atoms with Crippen LogP contribution in [0.4, 0.5) is 16.2 Å². The molecular weight excluding hydrogens is 386 g/mol. The van der Waals surface area contributed by atoms with E-state index in [4.69, 9.17) is 16.0 Å². The summed E-state index contributed by atoms with van der Waals surface area (Å²) in [6, 6.07) is 22.0. The maximum absolute atomic E-state index is 12.1. The number of rotatable bonds is 4. The Bertz CT molecular complexity index is 1140. The van der Waals surface area contributed by atoms with E-state index in [0.29, 0.717) is 22.3 Å². The Labute approximate surface area is 173 Å². The van der Waals surface area contributed by atoms with Gasteiger partial charge in [-0.2, -0.15) is 0 Å². The topological polar surface area (TPSA) is 67.2 Å². The average Bonchev–Trinajstić information content (AvgIpc) is 3.19. The molecule has 6 heteroatoms. The Hall–Kier alpha value is -3.57. The number of hydrogen-bond donors (Lipinski definition) is 2. The first kappa shape index (κ1) is 18.8. The van der Waals surface area contributed by atoms with Crippen molar-refractivity contribution >= 4 is 29.0 Å². The van der Waals surface area contributed by atoms with Gasteiger partial charge in [0.15, 0.2) is 0 Å². The summed E-state index contributed by atoms with van der Waals surface area (Å²) in [7, 11) is 0. The quantitative estimate of drug-likeness (QED) is 0.402. The maximum Gasteiger partial charge on any atom is 0.323 e. The van der Waals surface area contributed by atoms with E-state index in [1.54, 1.807) is 42.7 Å². The summed E-state index contributed by atoms with van der Waals surface area (Å²) in [6.07, 6.45) is 1.64. The summed E-state index contributed by atoms with van der Waals surface area (Å²) in [6.45, 7) is 2.04. The first-order chi connectivity index (χ1) is 14.1. The second-order valence-corrected chi connectivity index (χ2v) is 7.01. The van der Waals surface area contributed by atoms with Crippen LogP contribution in [0.3, 0.4) is 0 Å². The van der Waals surface area contributed by atoms with Gasteiger partial charge in [0.1, 0.15) is 12.0 Å². The van der Waals surface area contributed by atoms with Gasteiger partial charge in [0.05, 0.1) is 0 Å². The predicted octanol–water partition coefficient (Wildman–Crippen LogP) is 6.61. The molecule has 0 radical (unpaired) electrons. The zero-order chi connectivity index (χ0) is 20.2. The standard InChI is InChI=1S/C23H18ClN3O2/c1-15-5-7-16(8-6-15)21-14-29-22(27-21)17-9-11-19(12-10-17)25-23(28)26-20-4-2-3-18(24)13-20/h2-14H,1H3,(H2,25,26,28). The smallest absolute Gasteiger partial charge is 0.323 e. The molecule has 2 N–H and O–H groups in total. The van der Waals surface area contributed by atoms with Gasteiger partial charge in [-0.1, -0.05) is 47.5 Å². The Morgan fingerprint density at radius 2 is 1.59 bits per heavy atom. The Kier molecular flexibility index (Phi) is 5.31. The molecule has 0 saturated heterocycles. The van der Waals surface area contributed by atoms with Crippen molar-refractivity contribution in [1.29, 1.82) is 0 Å². The summed E-state index contributed by atoms with van der Waals surface area (Å²) in [5, 5.41) is 6.08. The van der Waals surface area contributed by atoms with Gasteiger partial charge >= 0.3 is 6.03 Å². The van der Waals surface area contributed by atoms with E-state index in [-0.39, 0.29) is 6.03 Å². The summed E-state index contributed by atoms with van der Waals surface area (Å²) < 4.78 is 5.62. The number of amides is 2. The molecule has 4 aromatic rings. The highest BCUT2D eigenvalue weighted by molar-refractivity contribution is 6.30. The van der Waals surface area contributed by atoms with Crippen LogP contribution in [0, 0.1) is 6.92 Å². The molecule has 3 aromatic carbocycles. The largest absolute Gasteiger partial charge is 0.444 e. The monoisotopic (exact) mass is 403 g/mol. The van der Waals surface area contributed by atoms with Crippen molar-refractivity contribution in [2.24, 2.45) is 0 Å². The molecule has 1 aromatic heterocycles. The number of nitrogens with one attached hydrogen (secondary N) is 2. The molecule has 0 aliphatic heterocycles. The lowest BCUT2D eigenvalue weighted by atomic mass is 10.1. The molecule has 0 bridgehead atoms. The molecule has 0 aliphatic rings. The molecule has 4 rings (SSSR count). The van der Waals surface area contributed by atoms with Crippen LogP contribution in [0.15, 0.2) is 83.5 Å². The van der Waals surface area contributed by atoms with Crippen LogP contribution in [0.2, 0.25) is 5.02 Å². The van der Waals surface area contributed by atoms with Gasteiger partial charge in [0, 0.05) is 27.5 Å². The SMILES string of the molecule is Cc1ccc(-c2coc(-c3ccc(NC(=O)Nc4cccc(Cl)c4)cc3)n2)cc1. The van der Waals surface area contributed by atoms with E-state index in [2.05, 4.69) is 15.6 Å². The molecule has 0 fully saturated rings. The fraction of sp³-hybridized carbons (Fsp3) is 0.0435. The normalized spacial score (nSPS) is 10.6. The van der Waals surface area contributed by atoms with Gasteiger partial charge in [-0.05, 0) is 49.4 Å². The van der Waals surface area contributed by atoms with Crippen molar-refractivity contribution in [3.8, 4) is 22.7 Å². The molecule has 29 heavy (non-hydrogen) atoms. The lowest BCUT2D eigenvalue weighted by molar-refractivity contribution is 0.262. The van der Waals surface area contributed by atoms with Crippen LogP contribution >= 0.6 is 11.6 Å². The molecule has 1 heterocycles. The van der Waals surface area contributed by atoms with Crippen LogP contribution in [0.25, 0.3) is 22.7 Å². The minimum absolute atomic E-state index is 0.349. The molecule has 0 unspecified atom stereocenters. The molecule has 144 valence electrons. The summed E-state index contributed by atoms with van der Waals surface area (Å²) in [4.78, 5) is 16.7. The summed E-state index contributed by atoms with van der Waals surface area (Å²) >= 11 is 5.93. The summed E-state index contributed by atoms with van der Waals surface area (Å²) in [5.74, 6) is 0.524. The van der Waals surface area contributed by atoms with Crippen LogP contribution in [0.1, 0.15) is 5.56 Å². The molecule has 2 amide bonds. The zero-order valence-corrected chi connectivity index (χ0v) is 16.4. The minimum Gasteiger partial charge on any atom is -0.444 e. The van der Waals surface area contributed by atoms with Crippen molar-refractivity contribution in [2.45, 2.75) is 6.92 Å². The van der Waals surface area contributed by atoms with Crippen molar-refractivity contribution in [1.82, 2.24) is 4.98 Å². The van der Waals surface area contributed by atoms with Gasteiger partial charge in [0.25, 0.3) is 0 Å². The van der Waals surface area contributed by atoms with Crippen molar-refractivity contribution in [2.75, 3.05) is 10.6 Å². The average molecular weight is 404 g/mol. The second-order valence-electron chi connectivity index (χ2n) is 6.57. The number of anilines is 2. The first-order valence-electron chi connectivity index (χ1n) is 9.03. The fourth-order valence-electron chi connectivity index (χ4n) is 2.82. The zero-order valence-electron chi connectivity index (χ0n) is 15.6.